The molecule has 4 nitrogen and oxygen atoms in total. The number of nitrogens with zero attached hydrogens (tertiary/aromatic N) is 3. The van der Waals surface area contributed by atoms with Crippen molar-refractivity contribution in [1.29, 1.82) is 0 Å². The molecule has 0 saturated heterocycles. The largest absolute Gasteiger partial charge is 0.308 e. The first-order chi connectivity index (χ1) is 10.3. The lowest BCUT2D eigenvalue weighted by atomic mass is 9.99. The Kier molecular flexibility index (Phi) is 4.03. The molecule has 0 amide bonds. The lowest BCUT2D eigenvalue weighted by Gasteiger charge is -2.20. The molecule has 1 unspecified atom stereocenters. The number of hydrogen-bond acceptors (Lipinski definition) is 3. The van der Waals surface area contributed by atoms with Crippen molar-refractivity contribution in [2.75, 3.05) is 7.05 Å². The van der Waals surface area contributed by atoms with Crippen LogP contribution in [0.4, 0.5) is 0 Å². The van der Waals surface area contributed by atoms with Crippen molar-refractivity contribution in [3.63, 3.8) is 0 Å². The SMILES string of the molecule is CCn1ncc(Br)c1C(NC)c1ccnc2ccccc12. The van der Waals surface area contributed by atoms with Crippen LogP contribution in [0.2, 0.25) is 0 Å². The molecule has 0 radical (unpaired) electrons. The highest BCUT2D eigenvalue weighted by Crippen LogP contribution is 2.31. The van der Waals surface area contributed by atoms with E-state index >= 15 is 0 Å². The number of pyridine rings is 1. The van der Waals surface area contributed by atoms with E-state index in [0.29, 0.717) is 0 Å². The molecule has 0 saturated carbocycles. The normalized spacial score (nSPS) is 12.7. The number of para-hydroxylation sites is 1. The highest BCUT2D eigenvalue weighted by atomic mass is 79.9. The van der Waals surface area contributed by atoms with Gasteiger partial charge in [-0.25, -0.2) is 0 Å². The summed E-state index contributed by atoms with van der Waals surface area (Å²) in [4.78, 5) is 4.44. The molecule has 0 aliphatic carbocycles. The van der Waals surface area contributed by atoms with Gasteiger partial charge in [-0.15, -0.1) is 0 Å². The second kappa shape index (κ2) is 5.95. The summed E-state index contributed by atoms with van der Waals surface area (Å²) < 4.78 is 3.03. The topological polar surface area (TPSA) is 42.7 Å². The van der Waals surface area contributed by atoms with E-state index in [-0.39, 0.29) is 6.04 Å². The first kappa shape index (κ1) is 14.2. The minimum absolute atomic E-state index is 0.0646. The molecule has 0 bridgehead atoms. The van der Waals surface area contributed by atoms with Crippen molar-refractivity contribution in [1.82, 2.24) is 20.1 Å². The summed E-state index contributed by atoms with van der Waals surface area (Å²) in [6.45, 7) is 2.93. The Balaban J connectivity index is 2.21. The lowest BCUT2D eigenvalue weighted by Crippen LogP contribution is -2.22. The summed E-state index contributed by atoms with van der Waals surface area (Å²) >= 11 is 3.62. The molecule has 5 heteroatoms. The lowest BCUT2D eigenvalue weighted by molar-refractivity contribution is 0.563. The average molecular weight is 345 g/mol. The first-order valence-electron chi connectivity index (χ1n) is 6.98. The fourth-order valence-corrected chi connectivity index (χ4v) is 3.25. The van der Waals surface area contributed by atoms with Crippen molar-refractivity contribution >= 4 is 26.8 Å². The minimum atomic E-state index is 0.0646. The van der Waals surface area contributed by atoms with Crippen LogP contribution in [0.3, 0.4) is 0 Å². The van der Waals surface area contributed by atoms with Crippen LogP contribution in [0.25, 0.3) is 10.9 Å². The monoisotopic (exact) mass is 344 g/mol. The van der Waals surface area contributed by atoms with E-state index in [1.807, 2.05) is 42.3 Å². The van der Waals surface area contributed by atoms with Gasteiger partial charge >= 0.3 is 0 Å². The predicted octanol–water partition coefficient (Wildman–Crippen LogP) is 3.52. The Hall–Kier alpha value is -1.72. The Morgan fingerprint density at radius 2 is 2.10 bits per heavy atom. The number of benzene rings is 1. The van der Waals surface area contributed by atoms with Gasteiger partial charge in [-0.05, 0) is 47.6 Å². The maximum Gasteiger partial charge on any atom is 0.0764 e. The summed E-state index contributed by atoms with van der Waals surface area (Å²) in [5.74, 6) is 0. The highest BCUT2D eigenvalue weighted by molar-refractivity contribution is 9.10. The fourth-order valence-electron chi connectivity index (χ4n) is 2.72. The molecule has 108 valence electrons. The summed E-state index contributed by atoms with van der Waals surface area (Å²) in [6.07, 6.45) is 3.72. The molecule has 1 atom stereocenters. The van der Waals surface area contributed by atoms with Gasteiger partial charge in [-0.3, -0.25) is 9.67 Å². The van der Waals surface area contributed by atoms with E-state index in [2.05, 4.69) is 50.4 Å². The molecule has 2 aromatic heterocycles. The van der Waals surface area contributed by atoms with Crippen LogP contribution in [-0.2, 0) is 6.54 Å². The molecule has 2 heterocycles. The molecule has 0 aliphatic heterocycles. The molecular formula is C16H17BrN4. The Labute approximate surface area is 132 Å². The second-order valence-electron chi connectivity index (χ2n) is 4.83. The van der Waals surface area contributed by atoms with Crippen LogP contribution >= 0.6 is 15.9 Å². The minimum Gasteiger partial charge on any atom is -0.308 e. The van der Waals surface area contributed by atoms with E-state index in [1.165, 1.54) is 5.56 Å². The van der Waals surface area contributed by atoms with Crippen LogP contribution in [-0.4, -0.2) is 21.8 Å². The zero-order valence-corrected chi connectivity index (χ0v) is 13.6. The molecule has 0 spiro atoms. The number of hydrogen-bond donors (Lipinski definition) is 1. The quantitative estimate of drug-likeness (QED) is 0.787. The molecule has 1 N–H and O–H groups in total. The van der Waals surface area contributed by atoms with Crippen molar-refractivity contribution in [3.8, 4) is 0 Å². The van der Waals surface area contributed by atoms with Crippen molar-refractivity contribution in [2.45, 2.75) is 19.5 Å². The van der Waals surface area contributed by atoms with Gasteiger partial charge in [0.2, 0.25) is 0 Å². The summed E-state index contributed by atoms with van der Waals surface area (Å²) in [6, 6.07) is 10.4. The highest BCUT2D eigenvalue weighted by Gasteiger charge is 2.21. The van der Waals surface area contributed by atoms with Crippen molar-refractivity contribution in [3.05, 3.63) is 58.5 Å². The van der Waals surface area contributed by atoms with Gasteiger partial charge in [0.15, 0.2) is 0 Å². The number of rotatable bonds is 4. The maximum absolute atomic E-state index is 4.44. The summed E-state index contributed by atoms with van der Waals surface area (Å²) in [5.41, 5.74) is 3.35. The van der Waals surface area contributed by atoms with Gasteiger partial charge in [-0.2, -0.15) is 5.10 Å². The fraction of sp³-hybridized carbons (Fsp3) is 0.250. The van der Waals surface area contributed by atoms with Gasteiger partial charge in [0, 0.05) is 18.1 Å². The number of aryl methyl sites for hydroxylation is 1. The van der Waals surface area contributed by atoms with Gasteiger partial charge in [0.1, 0.15) is 0 Å². The third-order valence-corrected chi connectivity index (χ3v) is 4.30. The molecule has 3 rings (SSSR count). The third kappa shape index (κ3) is 2.47. The Morgan fingerprint density at radius 3 is 2.86 bits per heavy atom. The van der Waals surface area contributed by atoms with E-state index in [1.54, 1.807) is 0 Å². The van der Waals surface area contributed by atoms with Crippen LogP contribution in [0.1, 0.15) is 24.2 Å². The molecular weight excluding hydrogens is 328 g/mol. The molecule has 0 fully saturated rings. The van der Waals surface area contributed by atoms with Crippen LogP contribution in [0.15, 0.2) is 47.2 Å². The van der Waals surface area contributed by atoms with Crippen molar-refractivity contribution in [2.24, 2.45) is 0 Å². The smallest absolute Gasteiger partial charge is 0.0764 e. The van der Waals surface area contributed by atoms with E-state index in [0.717, 1.165) is 27.6 Å². The molecule has 3 aromatic rings. The number of fused-ring (bicyclic) bond motifs is 1. The van der Waals surface area contributed by atoms with E-state index in [9.17, 15) is 0 Å². The zero-order chi connectivity index (χ0) is 14.8. The summed E-state index contributed by atoms with van der Waals surface area (Å²) in [5, 5.41) is 8.99. The molecule has 1 aromatic carbocycles. The molecule has 21 heavy (non-hydrogen) atoms. The Morgan fingerprint density at radius 1 is 1.29 bits per heavy atom. The molecule has 0 aliphatic rings. The zero-order valence-electron chi connectivity index (χ0n) is 12.0. The Bertz CT molecular complexity index is 761. The predicted molar refractivity (Wildman–Crippen MR) is 88.2 cm³/mol. The second-order valence-corrected chi connectivity index (χ2v) is 5.69. The van der Waals surface area contributed by atoms with Gasteiger partial charge in [0.25, 0.3) is 0 Å². The van der Waals surface area contributed by atoms with Crippen LogP contribution < -0.4 is 5.32 Å². The van der Waals surface area contributed by atoms with Gasteiger partial charge < -0.3 is 5.32 Å². The number of nitrogens with one attached hydrogen (secondary N) is 1. The first-order valence-corrected chi connectivity index (χ1v) is 7.77. The van der Waals surface area contributed by atoms with Crippen LogP contribution in [0.5, 0.6) is 0 Å². The van der Waals surface area contributed by atoms with Gasteiger partial charge in [0.05, 0.1) is 27.9 Å². The van der Waals surface area contributed by atoms with E-state index < -0.39 is 0 Å². The maximum atomic E-state index is 4.44. The number of halogens is 1. The van der Waals surface area contributed by atoms with E-state index in [4.69, 9.17) is 0 Å². The van der Waals surface area contributed by atoms with Crippen LogP contribution in [0, 0.1) is 0 Å². The summed E-state index contributed by atoms with van der Waals surface area (Å²) in [7, 11) is 1.97. The van der Waals surface area contributed by atoms with Crippen molar-refractivity contribution < 1.29 is 0 Å². The van der Waals surface area contributed by atoms with Gasteiger partial charge in [-0.1, -0.05) is 18.2 Å². The third-order valence-electron chi connectivity index (χ3n) is 3.69. The number of aromatic nitrogens is 3. The average Bonchev–Trinajstić information content (AvgIpc) is 2.90. The standard InChI is InChI=1S/C16H17BrN4/c1-3-21-16(13(17)10-20-21)15(18-2)12-8-9-19-14-7-5-4-6-11(12)14/h4-10,15,18H,3H2,1-2H3.